The summed E-state index contributed by atoms with van der Waals surface area (Å²) >= 11 is 1.35. The minimum atomic E-state index is -0.843. The van der Waals surface area contributed by atoms with Crippen molar-refractivity contribution in [3.05, 3.63) is 15.6 Å². The second-order valence-corrected chi connectivity index (χ2v) is 6.09. The number of aromatic carboxylic acids is 1. The van der Waals surface area contributed by atoms with Crippen molar-refractivity contribution >= 4 is 17.3 Å². The van der Waals surface area contributed by atoms with Crippen molar-refractivity contribution in [2.75, 3.05) is 0 Å². The van der Waals surface area contributed by atoms with Gasteiger partial charge < -0.3 is 5.11 Å². The summed E-state index contributed by atoms with van der Waals surface area (Å²) in [6, 6.07) is 0. The van der Waals surface area contributed by atoms with Crippen LogP contribution in [0.1, 0.15) is 59.9 Å². The highest BCUT2D eigenvalue weighted by Gasteiger charge is 2.33. The van der Waals surface area contributed by atoms with Gasteiger partial charge in [0.1, 0.15) is 4.88 Å². The Morgan fingerprint density at radius 2 is 2.07 bits per heavy atom. The van der Waals surface area contributed by atoms with Crippen LogP contribution in [0.5, 0.6) is 0 Å². The number of rotatable bonds is 2. The standard InChI is InChI=1S/C11H15NO2S/c1-11(2,3)8-7(10(13)14)15-9(12-8)6-4-5-6/h6H,4-5H2,1-3H3,(H,13,14). The normalized spacial score (nSPS) is 16.7. The first kappa shape index (κ1) is 10.6. The van der Waals surface area contributed by atoms with Gasteiger partial charge in [0.2, 0.25) is 0 Å². The van der Waals surface area contributed by atoms with Crippen molar-refractivity contribution in [2.24, 2.45) is 0 Å². The van der Waals surface area contributed by atoms with Gasteiger partial charge in [-0.3, -0.25) is 0 Å². The molecule has 1 heterocycles. The van der Waals surface area contributed by atoms with E-state index >= 15 is 0 Å². The number of carboxylic acids is 1. The predicted octanol–water partition coefficient (Wildman–Crippen LogP) is 3.02. The van der Waals surface area contributed by atoms with Gasteiger partial charge >= 0.3 is 5.97 Å². The maximum atomic E-state index is 11.1. The SMILES string of the molecule is CC(C)(C)c1nc(C2CC2)sc1C(=O)O. The van der Waals surface area contributed by atoms with Gasteiger partial charge in [0.05, 0.1) is 10.7 Å². The Labute approximate surface area is 93.2 Å². The lowest BCUT2D eigenvalue weighted by molar-refractivity contribution is 0.0699. The minimum absolute atomic E-state index is 0.183. The third kappa shape index (κ3) is 2.04. The van der Waals surface area contributed by atoms with Crippen molar-refractivity contribution in [1.29, 1.82) is 0 Å². The first-order chi connectivity index (χ1) is 6.89. The largest absolute Gasteiger partial charge is 0.477 e. The zero-order chi connectivity index (χ0) is 11.2. The molecule has 0 radical (unpaired) electrons. The lowest BCUT2D eigenvalue weighted by atomic mass is 9.91. The highest BCUT2D eigenvalue weighted by molar-refractivity contribution is 7.13. The first-order valence-electron chi connectivity index (χ1n) is 5.14. The van der Waals surface area contributed by atoms with E-state index in [0.717, 1.165) is 23.5 Å². The van der Waals surface area contributed by atoms with E-state index in [-0.39, 0.29) is 5.41 Å². The van der Waals surface area contributed by atoms with Crippen LogP contribution in [0.25, 0.3) is 0 Å². The molecule has 0 saturated heterocycles. The molecule has 0 aromatic carbocycles. The molecule has 0 bridgehead atoms. The molecule has 0 atom stereocenters. The number of thiazole rings is 1. The molecule has 15 heavy (non-hydrogen) atoms. The van der Waals surface area contributed by atoms with E-state index in [2.05, 4.69) is 4.98 Å². The monoisotopic (exact) mass is 225 g/mol. The maximum absolute atomic E-state index is 11.1. The smallest absolute Gasteiger partial charge is 0.347 e. The van der Waals surface area contributed by atoms with Gasteiger partial charge in [0.25, 0.3) is 0 Å². The van der Waals surface area contributed by atoms with Gasteiger partial charge in [0.15, 0.2) is 0 Å². The van der Waals surface area contributed by atoms with Crippen LogP contribution in [0, 0.1) is 0 Å². The number of nitrogens with zero attached hydrogens (tertiary/aromatic N) is 1. The molecule has 1 N–H and O–H groups in total. The van der Waals surface area contributed by atoms with Gasteiger partial charge in [-0.25, -0.2) is 9.78 Å². The van der Waals surface area contributed by atoms with Gasteiger partial charge in [-0.05, 0) is 12.8 Å². The molecule has 1 fully saturated rings. The Hall–Kier alpha value is -0.900. The number of aromatic nitrogens is 1. The van der Waals surface area contributed by atoms with Crippen LogP contribution in [0.2, 0.25) is 0 Å². The van der Waals surface area contributed by atoms with Crippen molar-refractivity contribution in [1.82, 2.24) is 4.98 Å². The molecule has 0 aliphatic heterocycles. The molecule has 4 heteroatoms. The molecular weight excluding hydrogens is 210 g/mol. The van der Waals surface area contributed by atoms with E-state index in [1.54, 1.807) is 0 Å². The third-order valence-electron chi connectivity index (χ3n) is 2.47. The molecule has 1 saturated carbocycles. The summed E-state index contributed by atoms with van der Waals surface area (Å²) in [6.07, 6.45) is 2.33. The number of carbonyl (C=O) groups is 1. The van der Waals surface area contributed by atoms with Crippen molar-refractivity contribution in [3.63, 3.8) is 0 Å². The Bertz CT molecular complexity index is 399. The summed E-state index contributed by atoms with van der Waals surface area (Å²) in [5.74, 6) is -0.312. The summed E-state index contributed by atoms with van der Waals surface area (Å²) in [5.41, 5.74) is 0.555. The van der Waals surface area contributed by atoms with Crippen LogP contribution in [0.3, 0.4) is 0 Å². The Kier molecular flexibility index (Phi) is 2.34. The molecular formula is C11H15NO2S. The fraction of sp³-hybridized carbons (Fsp3) is 0.636. The van der Waals surface area contributed by atoms with Crippen LogP contribution in [-0.2, 0) is 5.41 Å². The molecule has 82 valence electrons. The molecule has 1 aromatic heterocycles. The highest BCUT2D eigenvalue weighted by Crippen LogP contribution is 2.44. The van der Waals surface area contributed by atoms with Gasteiger partial charge in [-0.15, -0.1) is 11.3 Å². The topological polar surface area (TPSA) is 50.2 Å². The summed E-state index contributed by atoms with van der Waals surface area (Å²) in [6.45, 7) is 6.02. The fourth-order valence-electron chi connectivity index (χ4n) is 1.49. The van der Waals surface area contributed by atoms with Crippen LogP contribution in [0.4, 0.5) is 0 Å². The van der Waals surface area contributed by atoms with Crippen molar-refractivity contribution < 1.29 is 9.90 Å². The molecule has 0 spiro atoms. The fourth-order valence-corrected chi connectivity index (χ4v) is 2.78. The van der Waals surface area contributed by atoms with E-state index in [9.17, 15) is 4.79 Å². The Morgan fingerprint density at radius 3 is 2.40 bits per heavy atom. The van der Waals surface area contributed by atoms with E-state index < -0.39 is 5.97 Å². The molecule has 1 aliphatic carbocycles. The first-order valence-corrected chi connectivity index (χ1v) is 5.95. The third-order valence-corrected chi connectivity index (χ3v) is 3.68. The minimum Gasteiger partial charge on any atom is -0.477 e. The van der Waals surface area contributed by atoms with Crippen LogP contribution >= 0.6 is 11.3 Å². The average Bonchev–Trinajstić information content (AvgIpc) is 2.81. The van der Waals surface area contributed by atoms with Crippen molar-refractivity contribution in [3.8, 4) is 0 Å². The van der Waals surface area contributed by atoms with Crippen LogP contribution in [0.15, 0.2) is 0 Å². The Morgan fingerprint density at radius 1 is 1.47 bits per heavy atom. The summed E-state index contributed by atoms with van der Waals surface area (Å²) in [7, 11) is 0. The summed E-state index contributed by atoms with van der Waals surface area (Å²) in [4.78, 5) is 16.0. The van der Waals surface area contributed by atoms with Crippen molar-refractivity contribution in [2.45, 2.75) is 44.9 Å². The number of hydrogen-bond donors (Lipinski definition) is 1. The lowest BCUT2D eigenvalue weighted by Gasteiger charge is -2.15. The second-order valence-electron chi connectivity index (χ2n) is 5.06. The predicted molar refractivity (Wildman–Crippen MR) is 59.7 cm³/mol. The van der Waals surface area contributed by atoms with E-state index in [0.29, 0.717) is 10.8 Å². The molecule has 1 aromatic rings. The zero-order valence-corrected chi connectivity index (χ0v) is 10.0. The molecule has 0 unspecified atom stereocenters. The van der Waals surface area contributed by atoms with E-state index in [1.165, 1.54) is 11.3 Å². The second kappa shape index (κ2) is 3.30. The lowest BCUT2D eigenvalue weighted by Crippen LogP contribution is -2.16. The Balaban J connectivity index is 2.46. The zero-order valence-electron chi connectivity index (χ0n) is 9.20. The molecule has 1 aliphatic rings. The summed E-state index contributed by atoms with van der Waals surface area (Å²) < 4.78 is 0. The van der Waals surface area contributed by atoms with Gasteiger partial charge in [-0.2, -0.15) is 0 Å². The summed E-state index contributed by atoms with van der Waals surface area (Å²) in [5, 5.41) is 10.1. The molecule has 0 amide bonds. The molecule has 3 nitrogen and oxygen atoms in total. The van der Waals surface area contributed by atoms with Gasteiger partial charge in [-0.1, -0.05) is 20.8 Å². The molecule has 2 rings (SSSR count). The number of hydrogen-bond acceptors (Lipinski definition) is 3. The maximum Gasteiger partial charge on any atom is 0.347 e. The van der Waals surface area contributed by atoms with Crippen LogP contribution < -0.4 is 0 Å². The number of carboxylic acid groups (broad SMARTS) is 1. The quantitative estimate of drug-likeness (QED) is 0.841. The highest BCUT2D eigenvalue weighted by atomic mass is 32.1. The van der Waals surface area contributed by atoms with E-state index in [1.807, 2.05) is 20.8 Å². The average molecular weight is 225 g/mol. The van der Waals surface area contributed by atoms with Crippen LogP contribution in [-0.4, -0.2) is 16.1 Å². The van der Waals surface area contributed by atoms with Gasteiger partial charge in [0, 0.05) is 11.3 Å². The van der Waals surface area contributed by atoms with E-state index in [4.69, 9.17) is 5.11 Å².